The van der Waals surface area contributed by atoms with E-state index >= 15 is 0 Å². The van der Waals surface area contributed by atoms with Crippen molar-refractivity contribution in [2.75, 3.05) is 0 Å². The van der Waals surface area contributed by atoms with Crippen molar-refractivity contribution in [2.24, 2.45) is 11.3 Å². The van der Waals surface area contributed by atoms with Gasteiger partial charge in [0, 0.05) is 0 Å². The van der Waals surface area contributed by atoms with Gasteiger partial charge in [-0.05, 0) is 44.4 Å². The summed E-state index contributed by atoms with van der Waals surface area (Å²) in [6.45, 7) is 10.2. The summed E-state index contributed by atoms with van der Waals surface area (Å²) in [5, 5.41) is 9.91. The summed E-state index contributed by atoms with van der Waals surface area (Å²) < 4.78 is 0. The average Bonchev–Trinajstić information content (AvgIpc) is 2.48. The number of carboxylic acid groups (broad SMARTS) is 1. The van der Waals surface area contributed by atoms with E-state index in [1.165, 1.54) is 0 Å². The highest BCUT2D eigenvalue weighted by atomic mass is 16.4. The Kier molecular flexibility index (Phi) is 11.4. The number of carbonyl (C=O) groups is 1. The molecule has 0 bridgehead atoms. The first-order valence-corrected chi connectivity index (χ1v) is 8.93. The van der Waals surface area contributed by atoms with Gasteiger partial charge in [-0.1, -0.05) is 59.0 Å². The lowest BCUT2D eigenvalue weighted by Gasteiger charge is -2.37. The number of aliphatic carboxylic acids is 1. The zero-order chi connectivity index (χ0) is 16.1. The molecular weight excluding hydrogens is 260 g/mol. The fourth-order valence-electron chi connectivity index (χ4n) is 3.42. The normalized spacial score (nSPS) is 15.4. The third-order valence-corrected chi connectivity index (χ3v) is 4.93. The zero-order valence-corrected chi connectivity index (χ0v) is 14.5. The lowest BCUT2D eigenvalue weighted by Crippen LogP contribution is -2.38. The Hall–Kier alpha value is -0.790. The summed E-state index contributed by atoms with van der Waals surface area (Å²) in [5.74, 6) is -0.236. The molecule has 2 atom stereocenters. The molecule has 0 radical (unpaired) electrons. The maximum Gasteiger partial charge on any atom is 0.309 e. The van der Waals surface area contributed by atoms with Crippen LogP contribution in [0.15, 0.2) is 12.7 Å². The Balaban J connectivity index is 4.95. The van der Waals surface area contributed by atoms with Crippen LogP contribution >= 0.6 is 0 Å². The van der Waals surface area contributed by atoms with E-state index in [2.05, 4.69) is 27.4 Å². The molecule has 0 saturated carbocycles. The Bertz CT molecular complexity index is 285. The zero-order valence-electron chi connectivity index (χ0n) is 14.5. The Morgan fingerprint density at radius 3 is 2.19 bits per heavy atom. The van der Waals surface area contributed by atoms with E-state index in [-0.39, 0.29) is 0 Å². The quantitative estimate of drug-likeness (QED) is 0.305. The van der Waals surface area contributed by atoms with Crippen LogP contribution in [0.25, 0.3) is 0 Å². The van der Waals surface area contributed by atoms with Crippen molar-refractivity contribution >= 4 is 5.97 Å². The summed E-state index contributed by atoms with van der Waals surface area (Å²) in [6, 6.07) is 0. The first-order valence-electron chi connectivity index (χ1n) is 8.93. The molecule has 2 heteroatoms. The molecule has 0 aromatic carbocycles. The minimum Gasteiger partial charge on any atom is -0.481 e. The molecular formula is C19H36O2. The second-order valence-corrected chi connectivity index (χ2v) is 6.33. The Morgan fingerprint density at radius 1 is 1.10 bits per heavy atom. The minimum atomic E-state index is -0.566. The largest absolute Gasteiger partial charge is 0.481 e. The van der Waals surface area contributed by atoms with Gasteiger partial charge in [0.2, 0.25) is 0 Å². The number of hydrogen-bond donors (Lipinski definition) is 1. The van der Waals surface area contributed by atoms with Crippen molar-refractivity contribution in [3.05, 3.63) is 12.7 Å². The summed E-state index contributed by atoms with van der Waals surface area (Å²) >= 11 is 0. The molecule has 1 N–H and O–H groups in total. The van der Waals surface area contributed by atoms with Gasteiger partial charge in [-0.2, -0.15) is 0 Å². The molecule has 0 aromatic heterocycles. The van der Waals surface area contributed by atoms with Crippen LogP contribution in [0.4, 0.5) is 0 Å². The fourth-order valence-corrected chi connectivity index (χ4v) is 3.42. The summed E-state index contributed by atoms with van der Waals surface area (Å²) in [6.07, 6.45) is 13.4. The maximum atomic E-state index is 12.0. The average molecular weight is 296 g/mol. The Morgan fingerprint density at radius 2 is 1.71 bits per heavy atom. The lowest BCUT2D eigenvalue weighted by molar-refractivity contribution is -0.154. The van der Waals surface area contributed by atoms with Gasteiger partial charge in [-0.25, -0.2) is 0 Å². The van der Waals surface area contributed by atoms with E-state index in [0.29, 0.717) is 5.92 Å². The van der Waals surface area contributed by atoms with E-state index < -0.39 is 11.4 Å². The minimum absolute atomic E-state index is 0.330. The predicted octanol–water partition coefficient (Wildman–Crippen LogP) is 6.21. The second-order valence-electron chi connectivity index (χ2n) is 6.33. The number of allylic oxidation sites excluding steroid dienone is 1. The topological polar surface area (TPSA) is 37.3 Å². The predicted molar refractivity (Wildman–Crippen MR) is 91.6 cm³/mol. The van der Waals surface area contributed by atoms with Crippen LogP contribution in [-0.4, -0.2) is 11.1 Å². The van der Waals surface area contributed by atoms with Crippen LogP contribution in [0.3, 0.4) is 0 Å². The highest BCUT2D eigenvalue weighted by Crippen LogP contribution is 2.43. The van der Waals surface area contributed by atoms with Crippen molar-refractivity contribution in [3.63, 3.8) is 0 Å². The van der Waals surface area contributed by atoms with Crippen molar-refractivity contribution in [1.82, 2.24) is 0 Å². The molecule has 21 heavy (non-hydrogen) atoms. The molecule has 0 saturated heterocycles. The van der Waals surface area contributed by atoms with E-state index in [1.54, 1.807) is 0 Å². The molecule has 0 aliphatic heterocycles. The van der Waals surface area contributed by atoms with Gasteiger partial charge >= 0.3 is 5.97 Å². The van der Waals surface area contributed by atoms with Crippen molar-refractivity contribution < 1.29 is 9.90 Å². The van der Waals surface area contributed by atoms with Crippen LogP contribution in [-0.2, 0) is 4.79 Å². The molecule has 124 valence electrons. The molecule has 0 rings (SSSR count). The smallest absolute Gasteiger partial charge is 0.309 e. The van der Waals surface area contributed by atoms with E-state index in [4.69, 9.17) is 0 Å². The molecule has 2 unspecified atom stereocenters. The van der Waals surface area contributed by atoms with Crippen molar-refractivity contribution in [1.29, 1.82) is 0 Å². The maximum absolute atomic E-state index is 12.0. The second kappa shape index (κ2) is 11.8. The molecule has 0 amide bonds. The number of unbranched alkanes of at least 4 members (excludes halogenated alkanes) is 4. The first kappa shape index (κ1) is 20.2. The molecule has 0 aromatic rings. The van der Waals surface area contributed by atoms with Gasteiger partial charge in [0.25, 0.3) is 0 Å². The number of hydrogen-bond acceptors (Lipinski definition) is 1. The lowest BCUT2D eigenvalue weighted by atomic mass is 9.66. The SMILES string of the molecule is C=CCCCCC(CCCC)C(CC)(CCCC)C(=O)O. The molecule has 0 spiro atoms. The van der Waals surface area contributed by atoms with E-state index in [9.17, 15) is 9.90 Å². The van der Waals surface area contributed by atoms with Crippen molar-refractivity contribution in [2.45, 2.75) is 91.4 Å². The van der Waals surface area contributed by atoms with Gasteiger partial charge in [0.15, 0.2) is 0 Å². The fraction of sp³-hybridized carbons (Fsp3) is 0.842. The van der Waals surface area contributed by atoms with Crippen LogP contribution in [0.5, 0.6) is 0 Å². The third-order valence-electron chi connectivity index (χ3n) is 4.93. The highest BCUT2D eigenvalue weighted by molar-refractivity contribution is 5.75. The van der Waals surface area contributed by atoms with E-state index in [0.717, 1.165) is 70.6 Å². The third kappa shape index (κ3) is 6.67. The van der Waals surface area contributed by atoms with Crippen LogP contribution in [0.2, 0.25) is 0 Å². The molecule has 0 aliphatic rings. The highest BCUT2D eigenvalue weighted by Gasteiger charge is 2.42. The number of rotatable bonds is 14. The van der Waals surface area contributed by atoms with Crippen LogP contribution < -0.4 is 0 Å². The van der Waals surface area contributed by atoms with Gasteiger partial charge < -0.3 is 5.11 Å². The summed E-state index contributed by atoms with van der Waals surface area (Å²) in [7, 11) is 0. The molecule has 0 fully saturated rings. The summed E-state index contributed by atoms with van der Waals surface area (Å²) in [4.78, 5) is 12.0. The number of carboxylic acids is 1. The summed E-state index contributed by atoms with van der Waals surface area (Å²) in [5.41, 5.74) is -0.501. The van der Waals surface area contributed by atoms with Crippen molar-refractivity contribution in [3.8, 4) is 0 Å². The monoisotopic (exact) mass is 296 g/mol. The van der Waals surface area contributed by atoms with Gasteiger partial charge in [0.1, 0.15) is 0 Å². The standard InChI is InChI=1S/C19H36O2/c1-5-9-12-13-15-17(14-10-6-2)19(8-4,18(20)21)16-11-7-3/h5,17H,1,6-16H2,2-4H3,(H,20,21). The Labute approximate surface area is 132 Å². The van der Waals surface area contributed by atoms with E-state index in [1.807, 2.05) is 6.08 Å². The van der Waals surface area contributed by atoms with Crippen LogP contribution in [0, 0.1) is 11.3 Å². The van der Waals surface area contributed by atoms with Gasteiger partial charge in [-0.15, -0.1) is 6.58 Å². The van der Waals surface area contributed by atoms with Gasteiger partial charge in [-0.3, -0.25) is 4.79 Å². The van der Waals surface area contributed by atoms with Gasteiger partial charge in [0.05, 0.1) is 5.41 Å². The first-order chi connectivity index (χ1) is 10.1. The molecule has 2 nitrogen and oxygen atoms in total. The van der Waals surface area contributed by atoms with Crippen LogP contribution in [0.1, 0.15) is 91.4 Å². The molecule has 0 heterocycles. The molecule has 0 aliphatic carbocycles.